The zero-order chi connectivity index (χ0) is 24.2. The van der Waals surface area contributed by atoms with Crippen molar-refractivity contribution in [2.75, 3.05) is 16.3 Å². The van der Waals surface area contributed by atoms with Gasteiger partial charge in [0, 0.05) is 11.1 Å². The molecule has 4 aromatic rings. The molecular weight excluding hydrogens is 440 g/mol. The number of benzene rings is 4. The van der Waals surface area contributed by atoms with Gasteiger partial charge in [0.05, 0.1) is 17.1 Å². The highest BCUT2D eigenvalue weighted by molar-refractivity contribution is 5.86. The van der Waals surface area contributed by atoms with Crippen LogP contribution in [0.15, 0.2) is 92.3 Å². The Kier molecular flexibility index (Phi) is 5.95. The maximum Gasteiger partial charge on any atom is 0.275 e. The summed E-state index contributed by atoms with van der Waals surface area (Å²) in [7, 11) is 0. The van der Waals surface area contributed by atoms with E-state index in [1.54, 1.807) is 36.4 Å². The van der Waals surface area contributed by atoms with Crippen LogP contribution in [-0.2, 0) is 0 Å². The van der Waals surface area contributed by atoms with Crippen LogP contribution in [-0.4, -0.2) is 15.3 Å². The molecule has 4 aromatic carbocycles. The minimum absolute atomic E-state index is 0.129. The van der Waals surface area contributed by atoms with Gasteiger partial charge in [0.1, 0.15) is 5.36 Å². The Bertz CT molecular complexity index is 1590. The van der Waals surface area contributed by atoms with E-state index in [1.807, 2.05) is 12.1 Å². The Balaban J connectivity index is 1.67. The monoisotopic (exact) mass is 458 g/mol. The van der Waals surface area contributed by atoms with E-state index >= 15 is 0 Å². The molecule has 0 heterocycles. The van der Waals surface area contributed by atoms with Crippen LogP contribution in [0.1, 0.15) is 0 Å². The normalized spacial score (nSPS) is 11.2. The topological polar surface area (TPSA) is 160 Å². The standard InChI is InChI=1S/C24H18N4O6/c29-19-11-9-17(21(31)23(19)33)27-25-15-7-3-1-5-13(15)14-6-2-4-8-16(14)26-28-18-10-12-20(30)24(34)22(18)32/h1-12,25-27,29,31,33H. The fraction of sp³-hybridized carbons (Fsp3) is 0. The number of hydrazine groups is 1. The zero-order valence-corrected chi connectivity index (χ0v) is 17.4. The van der Waals surface area contributed by atoms with E-state index in [9.17, 15) is 29.7 Å². The minimum atomic E-state index is -1.14. The summed E-state index contributed by atoms with van der Waals surface area (Å²) in [5, 5.41) is 33.0. The van der Waals surface area contributed by atoms with Crippen LogP contribution in [0.3, 0.4) is 0 Å². The van der Waals surface area contributed by atoms with Crippen molar-refractivity contribution in [2.45, 2.75) is 0 Å². The molecular formula is C24H18N4O6. The Morgan fingerprint density at radius 1 is 0.588 bits per heavy atom. The van der Waals surface area contributed by atoms with E-state index < -0.39 is 33.5 Å². The van der Waals surface area contributed by atoms with Crippen molar-refractivity contribution in [3.05, 3.63) is 109 Å². The van der Waals surface area contributed by atoms with Gasteiger partial charge in [-0.05, 0) is 36.4 Å². The SMILES string of the molecule is O=c1ccc(=NNc2ccccc2-c2ccccc2NNc2ccc(O)c(O)c2O)c(=O)c1=O. The summed E-state index contributed by atoms with van der Waals surface area (Å²) in [6.45, 7) is 0. The number of phenolic OH excluding ortho intramolecular Hbond substituents is 3. The van der Waals surface area contributed by atoms with Crippen LogP contribution in [0, 0.1) is 0 Å². The average Bonchev–Trinajstić information content (AvgIpc) is 2.85. The third kappa shape index (κ3) is 4.28. The molecule has 10 nitrogen and oxygen atoms in total. The number of para-hydroxylation sites is 2. The van der Waals surface area contributed by atoms with Gasteiger partial charge in [-0.1, -0.05) is 36.4 Å². The molecule has 34 heavy (non-hydrogen) atoms. The first-order valence-electron chi connectivity index (χ1n) is 9.96. The minimum Gasteiger partial charge on any atom is -0.504 e. The number of rotatable bonds is 6. The number of nitrogens with one attached hydrogen (secondary N) is 3. The van der Waals surface area contributed by atoms with Crippen molar-refractivity contribution in [3.63, 3.8) is 0 Å². The van der Waals surface area contributed by atoms with Crippen LogP contribution < -0.4 is 37.9 Å². The molecule has 0 amide bonds. The van der Waals surface area contributed by atoms with Crippen molar-refractivity contribution in [1.82, 2.24) is 0 Å². The first-order chi connectivity index (χ1) is 16.4. The number of hydrogen-bond donors (Lipinski definition) is 6. The van der Waals surface area contributed by atoms with Crippen molar-refractivity contribution in [1.29, 1.82) is 0 Å². The molecule has 0 aliphatic heterocycles. The lowest BCUT2D eigenvalue weighted by atomic mass is 10.0. The van der Waals surface area contributed by atoms with Gasteiger partial charge in [-0.25, -0.2) is 0 Å². The van der Waals surface area contributed by atoms with E-state index in [0.29, 0.717) is 22.5 Å². The summed E-state index contributed by atoms with van der Waals surface area (Å²) in [4.78, 5) is 34.9. The Morgan fingerprint density at radius 3 is 1.94 bits per heavy atom. The van der Waals surface area contributed by atoms with Crippen molar-refractivity contribution in [2.24, 2.45) is 5.10 Å². The number of anilines is 3. The fourth-order valence-corrected chi connectivity index (χ4v) is 3.19. The van der Waals surface area contributed by atoms with Gasteiger partial charge in [-0.15, -0.1) is 0 Å². The maximum atomic E-state index is 12.0. The molecule has 6 N–H and O–H groups in total. The molecule has 4 rings (SSSR count). The van der Waals surface area contributed by atoms with Gasteiger partial charge in [0.25, 0.3) is 10.9 Å². The average molecular weight is 458 g/mol. The molecule has 10 heteroatoms. The Hall–Kier alpha value is -5.12. The van der Waals surface area contributed by atoms with Gasteiger partial charge in [-0.2, -0.15) is 5.10 Å². The quantitative estimate of drug-likeness (QED) is 0.110. The summed E-state index contributed by atoms with van der Waals surface area (Å²) in [5.74, 6) is -1.64. The fourth-order valence-electron chi connectivity index (χ4n) is 3.19. The highest BCUT2D eigenvalue weighted by Crippen LogP contribution is 2.40. The van der Waals surface area contributed by atoms with Gasteiger partial charge < -0.3 is 20.7 Å². The molecule has 0 aliphatic rings. The Morgan fingerprint density at radius 2 is 1.21 bits per heavy atom. The second kappa shape index (κ2) is 9.17. The maximum absolute atomic E-state index is 12.0. The third-order valence-corrected chi connectivity index (χ3v) is 4.96. The molecule has 0 saturated carbocycles. The van der Waals surface area contributed by atoms with Crippen LogP contribution in [0.5, 0.6) is 17.2 Å². The van der Waals surface area contributed by atoms with Crippen molar-refractivity contribution >= 4 is 17.1 Å². The molecule has 170 valence electrons. The molecule has 0 fully saturated rings. The highest BCUT2D eigenvalue weighted by atomic mass is 16.3. The van der Waals surface area contributed by atoms with Crippen LogP contribution in [0.4, 0.5) is 17.1 Å². The van der Waals surface area contributed by atoms with Crippen molar-refractivity contribution in [3.8, 4) is 28.4 Å². The van der Waals surface area contributed by atoms with Crippen LogP contribution >= 0.6 is 0 Å². The van der Waals surface area contributed by atoms with Crippen LogP contribution in [0.2, 0.25) is 0 Å². The Labute approximate surface area is 191 Å². The van der Waals surface area contributed by atoms with Gasteiger partial charge >= 0.3 is 0 Å². The summed E-state index contributed by atoms with van der Waals surface area (Å²) in [6, 6.07) is 19.0. The first kappa shape index (κ1) is 22.1. The predicted molar refractivity (Wildman–Crippen MR) is 127 cm³/mol. The molecule has 0 radical (unpaired) electrons. The lowest BCUT2D eigenvalue weighted by molar-refractivity contribution is 0.369. The largest absolute Gasteiger partial charge is 0.504 e. The molecule has 0 unspecified atom stereocenters. The third-order valence-electron chi connectivity index (χ3n) is 4.96. The lowest BCUT2D eigenvalue weighted by Crippen LogP contribution is -2.46. The van der Waals surface area contributed by atoms with E-state index in [4.69, 9.17) is 0 Å². The van der Waals surface area contributed by atoms with Gasteiger partial charge in [-0.3, -0.25) is 25.2 Å². The molecule has 0 saturated heterocycles. The molecule has 0 aromatic heterocycles. The second-order valence-electron chi connectivity index (χ2n) is 7.14. The molecule has 0 atom stereocenters. The van der Waals surface area contributed by atoms with E-state index in [0.717, 1.165) is 6.07 Å². The first-order valence-corrected chi connectivity index (χ1v) is 9.96. The number of nitrogens with zero attached hydrogens (tertiary/aromatic N) is 1. The lowest BCUT2D eigenvalue weighted by Gasteiger charge is -2.17. The predicted octanol–water partition coefficient (Wildman–Crippen LogP) is 1.79. The summed E-state index contributed by atoms with van der Waals surface area (Å²) in [5.41, 5.74) is 8.12. The number of hydrogen-bond acceptors (Lipinski definition) is 10. The highest BCUT2D eigenvalue weighted by Gasteiger charge is 2.13. The number of phenols is 3. The zero-order valence-electron chi connectivity index (χ0n) is 17.4. The van der Waals surface area contributed by atoms with E-state index in [-0.39, 0.29) is 11.0 Å². The van der Waals surface area contributed by atoms with E-state index in [1.165, 1.54) is 18.2 Å². The number of aromatic hydroxyl groups is 3. The molecule has 0 spiro atoms. The molecule has 0 aliphatic carbocycles. The summed E-state index contributed by atoms with van der Waals surface area (Å²) in [6.07, 6.45) is 0. The summed E-state index contributed by atoms with van der Waals surface area (Å²) >= 11 is 0. The smallest absolute Gasteiger partial charge is 0.275 e. The second-order valence-corrected chi connectivity index (χ2v) is 7.14. The van der Waals surface area contributed by atoms with E-state index in [2.05, 4.69) is 21.4 Å². The molecule has 0 bridgehead atoms. The summed E-state index contributed by atoms with van der Waals surface area (Å²) < 4.78 is 0. The van der Waals surface area contributed by atoms with Gasteiger partial charge in [0.2, 0.25) is 11.2 Å². The van der Waals surface area contributed by atoms with Gasteiger partial charge in [0.15, 0.2) is 11.5 Å². The van der Waals surface area contributed by atoms with Crippen molar-refractivity contribution < 1.29 is 15.3 Å². The van der Waals surface area contributed by atoms with Crippen LogP contribution in [0.25, 0.3) is 11.1 Å².